The summed E-state index contributed by atoms with van der Waals surface area (Å²) in [6, 6.07) is 6.62. The minimum Gasteiger partial charge on any atom is -0.480 e. The maximum Gasteiger partial charge on any atom is 0.327 e. The third-order valence-corrected chi connectivity index (χ3v) is 10.4. The van der Waals surface area contributed by atoms with Crippen LogP contribution in [0.1, 0.15) is 43.7 Å². The highest BCUT2D eigenvalue weighted by Gasteiger charge is 2.33. The number of aromatic amines is 1. The fraction of sp³-hybridized carbons (Fsp3) is 0.425. The molecule has 0 aliphatic heterocycles. The van der Waals surface area contributed by atoms with E-state index in [-0.39, 0.29) is 62.5 Å². The number of nitrogens with zero attached hydrogens (tertiary/aromatic N) is 1. The van der Waals surface area contributed by atoms with E-state index in [2.05, 4.69) is 67.1 Å². The van der Waals surface area contributed by atoms with Crippen molar-refractivity contribution in [2.45, 2.75) is 87.7 Å². The molecule has 7 amide bonds. The lowest BCUT2D eigenvalue weighted by molar-refractivity contribution is -0.141. The summed E-state index contributed by atoms with van der Waals surface area (Å²) in [5.41, 5.74) is 24.0. The molecule has 0 saturated heterocycles. The molecule has 0 unspecified atom stereocenters. The summed E-state index contributed by atoms with van der Waals surface area (Å²) in [6.45, 7) is 1.40. The lowest BCUT2D eigenvalue weighted by atomic mass is 10.0. The van der Waals surface area contributed by atoms with Crippen LogP contribution in [0.15, 0.2) is 65.8 Å². The Kier molecular flexibility index (Phi) is 20.7. The quantitative estimate of drug-likeness (QED) is 0.0172. The smallest absolute Gasteiger partial charge is 0.327 e. The van der Waals surface area contributed by atoms with Gasteiger partial charge in [-0.2, -0.15) is 25.3 Å². The molecule has 3 rings (SSSR count). The maximum absolute atomic E-state index is 14.3. The SMILES string of the molecule is C[C@@H](NC(=O)[C@@H](N)CS)C(=O)N[C@@H](CCC(N)=O)C(=O)N[C@H](Cc1ccccc1)C(=O)N[C@@H](CCCN=C(N)N)C(=O)N[C@@H](Cc1c[nH]c2ccccc12)C(=O)N[C@@H](CS)C(=O)O. The number of aromatic nitrogens is 1. The number of carboxylic acids is 1. The molecule has 1 heterocycles. The van der Waals surface area contributed by atoms with Gasteiger partial charge < -0.3 is 64.9 Å². The van der Waals surface area contributed by atoms with Crippen molar-refractivity contribution in [3.63, 3.8) is 0 Å². The van der Waals surface area contributed by atoms with Crippen molar-refractivity contribution in [1.29, 1.82) is 0 Å². The number of carboxylic acid groups (broad SMARTS) is 1. The van der Waals surface area contributed by atoms with Crippen LogP contribution in [0.25, 0.3) is 10.9 Å². The zero-order chi connectivity index (χ0) is 46.6. The van der Waals surface area contributed by atoms with E-state index in [1.165, 1.54) is 6.92 Å². The van der Waals surface area contributed by atoms with Crippen LogP contribution in [0.5, 0.6) is 0 Å². The molecule has 7 atom stereocenters. The number of guanidine groups is 1. The van der Waals surface area contributed by atoms with E-state index in [0.717, 1.165) is 10.9 Å². The largest absolute Gasteiger partial charge is 0.480 e. The molecule has 21 nitrogen and oxygen atoms in total. The first-order chi connectivity index (χ1) is 29.9. The van der Waals surface area contributed by atoms with E-state index in [1.807, 2.05) is 18.2 Å². The topological polar surface area (TPSA) is 361 Å². The minimum absolute atomic E-state index is 0.00197. The first-order valence-corrected chi connectivity index (χ1v) is 21.1. The molecule has 0 aliphatic rings. The number of hydrogen-bond donors (Lipinski definition) is 14. The predicted octanol–water partition coefficient (Wildman–Crippen LogP) is -2.53. The molecule has 3 aromatic rings. The molecular weight excluding hydrogens is 857 g/mol. The summed E-state index contributed by atoms with van der Waals surface area (Å²) in [6.07, 6.45) is 0.905. The number of amides is 7. The number of thiol groups is 2. The van der Waals surface area contributed by atoms with Gasteiger partial charge in [-0.3, -0.25) is 38.6 Å². The normalized spacial score (nSPS) is 14.3. The second-order valence-electron chi connectivity index (χ2n) is 14.6. The van der Waals surface area contributed by atoms with E-state index in [0.29, 0.717) is 11.1 Å². The van der Waals surface area contributed by atoms with Gasteiger partial charge in [-0.1, -0.05) is 48.5 Å². The van der Waals surface area contributed by atoms with Gasteiger partial charge in [0.25, 0.3) is 0 Å². The number of hydrogen-bond acceptors (Lipinski definition) is 12. The molecule has 0 fully saturated rings. The van der Waals surface area contributed by atoms with Crippen LogP contribution in [0, 0.1) is 0 Å². The van der Waals surface area contributed by atoms with Crippen molar-refractivity contribution in [3.05, 3.63) is 71.9 Å². The van der Waals surface area contributed by atoms with Crippen molar-refractivity contribution in [3.8, 4) is 0 Å². The van der Waals surface area contributed by atoms with E-state index in [4.69, 9.17) is 22.9 Å². The maximum atomic E-state index is 14.3. The van der Waals surface area contributed by atoms with Gasteiger partial charge >= 0.3 is 5.97 Å². The molecule has 0 radical (unpaired) electrons. The van der Waals surface area contributed by atoms with Crippen LogP contribution in [-0.2, 0) is 51.2 Å². The van der Waals surface area contributed by atoms with Crippen LogP contribution in [0.2, 0.25) is 0 Å². The van der Waals surface area contributed by atoms with Gasteiger partial charge in [-0.15, -0.1) is 0 Å². The molecule has 23 heteroatoms. The molecule has 0 spiro atoms. The van der Waals surface area contributed by atoms with E-state index < -0.39 is 89.6 Å². The van der Waals surface area contributed by atoms with E-state index >= 15 is 0 Å². The van der Waals surface area contributed by atoms with Crippen LogP contribution in [0.3, 0.4) is 0 Å². The van der Waals surface area contributed by atoms with Gasteiger partial charge in [0.1, 0.15) is 36.3 Å². The molecular formula is C40H56N12O9S2. The second kappa shape index (κ2) is 25.6. The van der Waals surface area contributed by atoms with Gasteiger partial charge in [0.15, 0.2) is 5.96 Å². The zero-order valence-corrected chi connectivity index (χ0v) is 36.3. The average molecular weight is 913 g/mol. The number of carbonyl (C=O) groups is 8. The molecule has 0 saturated carbocycles. The summed E-state index contributed by atoms with van der Waals surface area (Å²) >= 11 is 8.02. The Labute approximate surface area is 374 Å². The first kappa shape index (κ1) is 51.0. The van der Waals surface area contributed by atoms with Crippen molar-refractivity contribution in [1.82, 2.24) is 36.9 Å². The lowest BCUT2D eigenvalue weighted by Crippen LogP contribution is -2.60. The number of aliphatic imine (C=N–C) groups is 1. The number of nitrogens with two attached hydrogens (primary N) is 4. The Morgan fingerprint density at radius 2 is 1.21 bits per heavy atom. The Bertz CT molecular complexity index is 2100. The highest BCUT2D eigenvalue weighted by Crippen LogP contribution is 2.20. The van der Waals surface area contributed by atoms with Crippen LogP contribution in [0.4, 0.5) is 0 Å². The predicted molar refractivity (Wildman–Crippen MR) is 241 cm³/mol. The number of para-hydroxylation sites is 1. The third kappa shape index (κ3) is 16.8. The summed E-state index contributed by atoms with van der Waals surface area (Å²) in [4.78, 5) is 112. The minimum atomic E-state index is -1.43. The lowest BCUT2D eigenvalue weighted by Gasteiger charge is -2.27. The third-order valence-electron chi connectivity index (χ3n) is 9.62. The molecule has 0 aliphatic carbocycles. The number of nitrogens with one attached hydrogen (secondary N) is 7. The molecule has 16 N–H and O–H groups in total. The Balaban J connectivity index is 1.96. The Hall–Kier alpha value is -6.33. The number of rotatable bonds is 26. The summed E-state index contributed by atoms with van der Waals surface area (Å²) in [5, 5.41) is 25.7. The van der Waals surface area contributed by atoms with Crippen LogP contribution in [-0.4, -0.2) is 124 Å². The first-order valence-electron chi connectivity index (χ1n) is 19.9. The van der Waals surface area contributed by atoms with Crippen molar-refractivity contribution < 1.29 is 43.5 Å². The van der Waals surface area contributed by atoms with Gasteiger partial charge in [0.05, 0.1) is 6.04 Å². The fourth-order valence-corrected chi connectivity index (χ4v) is 6.57. The van der Waals surface area contributed by atoms with Gasteiger partial charge in [0, 0.05) is 54.4 Å². The molecule has 0 bridgehead atoms. The zero-order valence-electron chi connectivity index (χ0n) is 34.5. The highest BCUT2D eigenvalue weighted by molar-refractivity contribution is 7.80. The number of H-pyrrole nitrogens is 1. The van der Waals surface area contributed by atoms with Gasteiger partial charge in [-0.05, 0) is 43.4 Å². The van der Waals surface area contributed by atoms with Crippen molar-refractivity contribution in [2.24, 2.45) is 27.9 Å². The summed E-state index contributed by atoms with van der Waals surface area (Å²) in [5.74, 6) is -7.50. The number of aliphatic carboxylic acids is 1. The standard InChI is InChI=1S/C40H56N12O9S2/c1-21(47-34(55)25(41)19-62)33(54)48-28(13-14-32(42)53)36(57)50-29(16-22-8-3-2-4-9-22)37(58)49-27(12-7-15-45-40(43)44)35(56)51-30(38(59)52-31(20-63)39(60)61)17-23-18-46-26-11-6-5-10-24(23)26/h2-6,8-11,18,21,25,27-31,46,62-63H,7,12-17,19-20,41H2,1H3,(H2,42,53)(H,47,55)(H,48,54)(H,49,58)(H,50,57)(H,51,56)(H,52,59)(H,60,61)(H4,43,44,45)/t21-,25+,27+,28+,29-,30+,31+/m1/s1. The number of benzene rings is 2. The molecule has 342 valence electrons. The van der Waals surface area contributed by atoms with Crippen molar-refractivity contribution in [2.75, 3.05) is 18.1 Å². The van der Waals surface area contributed by atoms with Gasteiger partial charge in [-0.25, -0.2) is 4.79 Å². The van der Waals surface area contributed by atoms with Crippen molar-refractivity contribution >= 4 is 89.4 Å². The monoisotopic (exact) mass is 912 g/mol. The highest BCUT2D eigenvalue weighted by atomic mass is 32.1. The number of fused-ring (bicyclic) bond motifs is 1. The Morgan fingerprint density at radius 3 is 1.79 bits per heavy atom. The molecule has 2 aromatic carbocycles. The average Bonchev–Trinajstić information content (AvgIpc) is 3.66. The fourth-order valence-electron chi connectivity index (χ4n) is 6.16. The summed E-state index contributed by atoms with van der Waals surface area (Å²) < 4.78 is 0. The molecule has 1 aromatic heterocycles. The van der Waals surface area contributed by atoms with E-state index in [9.17, 15) is 43.5 Å². The van der Waals surface area contributed by atoms with Crippen LogP contribution < -0.4 is 54.8 Å². The number of primary amides is 1. The molecule has 63 heavy (non-hydrogen) atoms. The van der Waals surface area contributed by atoms with Crippen LogP contribution >= 0.6 is 25.3 Å². The van der Waals surface area contributed by atoms with Gasteiger partial charge in [0.2, 0.25) is 41.4 Å². The number of carbonyl (C=O) groups excluding carboxylic acids is 7. The van der Waals surface area contributed by atoms with E-state index in [1.54, 1.807) is 42.6 Å². The second-order valence-corrected chi connectivity index (χ2v) is 15.3. The Morgan fingerprint density at radius 1 is 0.667 bits per heavy atom. The summed E-state index contributed by atoms with van der Waals surface area (Å²) in [7, 11) is 0.